The number of aliphatic carboxylic acids is 1. The van der Waals surface area contributed by atoms with Gasteiger partial charge in [-0.1, -0.05) is 62.4 Å². The maximum absolute atomic E-state index is 12.9. The Hall–Kier alpha value is -3.70. The molecule has 0 saturated heterocycles. The number of fused-ring (bicyclic) bond motifs is 3. The molecule has 0 bridgehead atoms. The molecule has 9 nitrogen and oxygen atoms in total. The van der Waals surface area contributed by atoms with E-state index in [-0.39, 0.29) is 25.0 Å². The molecule has 2 atom stereocenters. The molecular formula is C29H30N4O5S2. The number of aromatic nitrogens is 1. The Labute approximate surface area is 240 Å². The van der Waals surface area contributed by atoms with Crippen LogP contribution in [0.4, 0.5) is 4.79 Å². The van der Waals surface area contributed by atoms with Gasteiger partial charge in [0, 0.05) is 17.1 Å². The molecule has 5 rings (SSSR count). The maximum atomic E-state index is 12.9. The molecule has 2 aliphatic rings. The van der Waals surface area contributed by atoms with Gasteiger partial charge in [-0.05, 0) is 35.1 Å². The van der Waals surface area contributed by atoms with E-state index in [1.165, 1.54) is 34.2 Å². The van der Waals surface area contributed by atoms with E-state index >= 15 is 0 Å². The normalized spacial score (nSPS) is 18.6. The Morgan fingerprint density at radius 2 is 1.75 bits per heavy atom. The van der Waals surface area contributed by atoms with Crippen molar-refractivity contribution in [2.75, 3.05) is 12.4 Å². The zero-order chi connectivity index (χ0) is 28.4. The third-order valence-corrected chi connectivity index (χ3v) is 9.17. The van der Waals surface area contributed by atoms with E-state index in [4.69, 9.17) is 4.74 Å². The highest BCUT2D eigenvalue weighted by molar-refractivity contribution is 8.14. The zero-order valence-corrected chi connectivity index (χ0v) is 24.0. The fraction of sp³-hybridized carbons (Fsp3) is 0.345. The number of carboxylic acid groups (broad SMARTS) is 1. The minimum absolute atomic E-state index is 0.0140. The van der Waals surface area contributed by atoms with Gasteiger partial charge in [0.05, 0.1) is 6.54 Å². The molecule has 0 spiro atoms. The predicted octanol–water partition coefficient (Wildman–Crippen LogP) is 4.66. The quantitative estimate of drug-likeness (QED) is 0.337. The molecule has 0 radical (unpaired) electrons. The molecule has 1 aromatic heterocycles. The maximum Gasteiger partial charge on any atom is 0.407 e. The second-order valence-corrected chi connectivity index (χ2v) is 12.2. The number of amides is 2. The summed E-state index contributed by atoms with van der Waals surface area (Å²) in [6.07, 6.45) is -0.520. The number of alkyl carbamates (subject to hydrolysis) is 1. The number of hydrogen-bond acceptors (Lipinski definition) is 8. The third kappa shape index (κ3) is 5.62. The van der Waals surface area contributed by atoms with Gasteiger partial charge in [-0.2, -0.15) is 0 Å². The lowest BCUT2D eigenvalue weighted by molar-refractivity contribution is -0.143. The summed E-state index contributed by atoms with van der Waals surface area (Å²) in [7, 11) is 0. The van der Waals surface area contributed by atoms with E-state index in [9.17, 15) is 19.5 Å². The van der Waals surface area contributed by atoms with Crippen LogP contribution in [0.3, 0.4) is 0 Å². The van der Waals surface area contributed by atoms with Gasteiger partial charge in [0.25, 0.3) is 0 Å². The number of hydrogen-bond donors (Lipinski definition) is 3. The Kier molecular flexibility index (Phi) is 7.95. The van der Waals surface area contributed by atoms with Crippen LogP contribution in [0, 0.1) is 5.92 Å². The first-order valence-electron chi connectivity index (χ1n) is 13.0. The molecule has 1 aliphatic carbocycles. The molecule has 2 amide bonds. The Morgan fingerprint density at radius 1 is 1.10 bits per heavy atom. The van der Waals surface area contributed by atoms with Crippen LogP contribution in [0.1, 0.15) is 48.5 Å². The molecule has 3 aromatic rings. The van der Waals surface area contributed by atoms with E-state index in [2.05, 4.69) is 44.9 Å². The number of aliphatic imine (C=N–C) groups is 1. The molecule has 0 saturated carbocycles. The van der Waals surface area contributed by atoms with Crippen molar-refractivity contribution < 1.29 is 24.2 Å². The Bertz CT molecular complexity index is 1440. The van der Waals surface area contributed by atoms with Gasteiger partial charge in [-0.15, -0.1) is 23.1 Å². The van der Waals surface area contributed by atoms with Gasteiger partial charge in [0.2, 0.25) is 5.91 Å². The van der Waals surface area contributed by atoms with Gasteiger partial charge in [0.15, 0.2) is 0 Å². The van der Waals surface area contributed by atoms with Crippen LogP contribution in [-0.4, -0.2) is 57.0 Å². The smallest absolute Gasteiger partial charge is 0.407 e. The van der Waals surface area contributed by atoms with Crippen LogP contribution in [0.2, 0.25) is 0 Å². The standard InChI is InChI=1S/C29H30N4O5S2/c1-16(2)24(26(34)35)32-27(36)29(3)15-40-25(33-29)22-14-39-23(31-22)12-30-28(37)38-13-21-19-10-6-4-8-17(19)18-9-5-7-11-20(18)21/h4-11,14,16,21,24H,12-13,15H2,1-3H3,(H,30,37)(H,32,36)(H,34,35)/t24-,29?/m0/s1. The summed E-state index contributed by atoms with van der Waals surface area (Å²) in [6, 6.07) is 15.4. The number of nitrogens with one attached hydrogen (secondary N) is 2. The van der Waals surface area contributed by atoms with Crippen molar-refractivity contribution in [2.45, 2.75) is 44.8 Å². The summed E-state index contributed by atoms with van der Waals surface area (Å²) in [6.45, 7) is 5.61. The fourth-order valence-corrected chi connectivity index (χ4v) is 6.77. The monoisotopic (exact) mass is 578 g/mol. The van der Waals surface area contributed by atoms with Crippen molar-refractivity contribution in [1.29, 1.82) is 0 Å². The highest BCUT2D eigenvalue weighted by Crippen LogP contribution is 2.44. The number of carbonyl (C=O) groups excluding carboxylic acids is 2. The second kappa shape index (κ2) is 11.4. The number of rotatable bonds is 9. The largest absolute Gasteiger partial charge is 0.480 e. The van der Waals surface area contributed by atoms with Crippen LogP contribution in [0.15, 0.2) is 58.9 Å². The van der Waals surface area contributed by atoms with E-state index in [1.807, 2.05) is 29.6 Å². The number of carbonyl (C=O) groups is 3. The first-order chi connectivity index (χ1) is 19.2. The average Bonchev–Trinajstić information content (AvgIpc) is 3.65. The molecular weight excluding hydrogens is 548 g/mol. The zero-order valence-electron chi connectivity index (χ0n) is 22.3. The van der Waals surface area contributed by atoms with Gasteiger partial charge >= 0.3 is 12.1 Å². The minimum Gasteiger partial charge on any atom is -0.480 e. The lowest BCUT2D eigenvalue weighted by Gasteiger charge is -2.24. The third-order valence-electron chi connectivity index (χ3n) is 7.05. The minimum atomic E-state index is -1.09. The van der Waals surface area contributed by atoms with E-state index < -0.39 is 29.6 Å². The van der Waals surface area contributed by atoms with Crippen LogP contribution < -0.4 is 10.6 Å². The number of benzene rings is 2. The molecule has 208 valence electrons. The molecule has 11 heteroatoms. The van der Waals surface area contributed by atoms with Crippen LogP contribution >= 0.6 is 23.1 Å². The molecule has 1 unspecified atom stereocenters. The summed E-state index contributed by atoms with van der Waals surface area (Å²) in [5.74, 6) is -1.39. The second-order valence-electron chi connectivity index (χ2n) is 10.3. The Balaban J connectivity index is 1.16. The lowest BCUT2D eigenvalue weighted by Crippen LogP contribution is -2.52. The summed E-state index contributed by atoms with van der Waals surface area (Å²) in [5.41, 5.74) is 4.18. The highest BCUT2D eigenvalue weighted by Gasteiger charge is 2.41. The summed E-state index contributed by atoms with van der Waals surface area (Å²) in [4.78, 5) is 46.1. The van der Waals surface area contributed by atoms with Gasteiger partial charge in [-0.3, -0.25) is 9.79 Å². The average molecular weight is 579 g/mol. The SMILES string of the molecule is CC(C)[C@H](NC(=O)C1(C)CSC(c2csc(CNC(=O)OCC3c4ccccc4-c4ccccc43)n2)=N1)C(=O)O. The highest BCUT2D eigenvalue weighted by atomic mass is 32.2. The van der Waals surface area contributed by atoms with Gasteiger partial charge in [-0.25, -0.2) is 14.6 Å². The first kappa shape index (κ1) is 27.9. The fourth-order valence-electron chi connectivity index (χ4n) is 4.84. The number of ether oxygens (including phenoxy) is 1. The first-order valence-corrected chi connectivity index (χ1v) is 14.8. The molecule has 0 fully saturated rings. The van der Waals surface area contributed by atoms with Crippen LogP contribution in [0.5, 0.6) is 0 Å². The van der Waals surface area contributed by atoms with Crippen molar-refractivity contribution in [1.82, 2.24) is 15.6 Å². The van der Waals surface area contributed by atoms with E-state index in [1.54, 1.807) is 20.8 Å². The molecule has 2 aromatic carbocycles. The summed E-state index contributed by atoms with van der Waals surface area (Å²) < 4.78 is 5.60. The van der Waals surface area contributed by atoms with Crippen molar-refractivity contribution >= 4 is 46.1 Å². The van der Waals surface area contributed by atoms with Crippen molar-refractivity contribution in [2.24, 2.45) is 10.9 Å². The number of nitrogens with zero attached hydrogens (tertiary/aromatic N) is 2. The van der Waals surface area contributed by atoms with Crippen molar-refractivity contribution in [3.8, 4) is 11.1 Å². The van der Waals surface area contributed by atoms with E-state index in [0.717, 1.165) is 11.1 Å². The topological polar surface area (TPSA) is 130 Å². The van der Waals surface area contributed by atoms with E-state index in [0.29, 0.717) is 21.5 Å². The number of thioether (sulfide) groups is 1. The van der Waals surface area contributed by atoms with Gasteiger partial charge < -0.3 is 20.5 Å². The van der Waals surface area contributed by atoms with Crippen LogP contribution in [0.25, 0.3) is 11.1 Å². The molecule has 40 heavy (non-hydrogen) atoms. The van der Waals surface area contributed by atoms with Gasteiger partial charge in [0.1, 0.15) is 33.9 Å². The summed E-state index contributed by atoms with van der Waals surface area (Å²) in [5, 5.41) is 17.9. The molecule has 3 N–H and O–H groups in total. The predicted molar refractivity (Wildman–Crippen MR) is 156 cm³/mol. The molecule has 1 aliphatic heterocycles. The van der Waals surface area contributed by atoms with Crippen LogP contribution in [-0.2, 0) is 20.9 Å². The Morgan fingerprint density at radius 3 is 2.38 bits per heavy atom. The lowest BCUT2D eigenvalue weighted by atomic mass is 9.98. The van der Waals surface area contributed by atoms with Crippen molar-refractivity contribution in [3.05, 3.63) is 75.7 Å². The van der Waals surface area contributed by atoms with Crippen molar-refractivity contribution in [3.63, 3.8) is 0 Å². The number of thiazole rings is 1. The molecule has 2 heterocycles. The summed E-state index contributed by atoms with van der Waals surface area (Å²) >= 11 is 2.77. The number of carboxylic acids is 1.